The Morgan fingerprint density at radius 3 is 2.52 bits per heavy atom. The van der Waals surface area contributed by atoms with Crippen LogP contribution in [0.2, 0.25) is 0 Å². The number of para-hydroxylation sites is 2. The highest BCUT2D eigenvalue weighted by Crippen LogP contribution is 2.25. The van der Waals surface area contributed by atoms with E-state index in [0.717, 1.165) is 27.9 Å². The molecule has 136 valence electrons. The van der Waals surface area contributed by atoms with E-state index in [0.29, 0.717) is 22.1 Å². The highest BCUT2D eigenvalue weighted by molar-refractivity contribution is 7.98. The molecule has 0 radical (unpaired) electrons. The van der Waals surface area contributed by atoms with Crippen LogP contribution in [0.15, 0.2) is 46.3 Å². The molecule has 2 aromatic carbocycles. The average molecular weight is 378 g/mol. The molecule has 0 amide bonds. The first-order valence-corrected chi connectivity index (χ1v) is 9.49. The topological polar surface area (TPSA) is 89.3 Å². The van der Waals surface area contributed by atoms with Crippen molar-refractivity contribution in [1.29, 1.82) is 0 Å². The summed E-state index contributed by atoms with van der Waals surface area (Å²) in [7, 11) is 0. The fraction of sp³-hybridized carbons (Fsp3) is 0.211. The summed E-state index contributed by atoms with van der Waals surface area (Å²) in [6, 6.07) is 11.7. The predicted octanol–water partition coefficient (Wildman–Crippen LogP) is 3.12. The van der Waals surface area contributed by atoms with Gasteiger partial charge in [-0.2, -0.15) is 4.68 Å². The van der Waals surface area contributed by atoms with Crippen molar-refractivity contribution < 1.29 is 0 Å². The van der Waals surface area contributed by atoms with Crippen molar-refractivity contribution in [1.82, 2.24) is 30.2 Å². The van der Waals surface area contributed by atoms with Gasteiger partial charge in [0.05, 0.1) is 22.3 Å². The quantitative estimate of drug-likeness (QED) is 0.549. The van der Waals surface area contributed by atoms with Gasteiger partial charge in [0.15, 0.2) is 0 Å². The van der Waals surface area contributed by atoms with Gasteiger partial charge in [-0.05, 0) is 54.0 Å². The van der Waals surface area contributed by atoms with E-state index in [2.05, 4.69) is 25.5 Å². The molecule has 2 heterocycles. The van der Waals surface area contributed by atoms with Crippen LogP contribution in [-0.2, 0) is 5.75 Å². The Morgan fingerprint density at radius 2 is 1.74 bits per heavy atom. The molecule has 0 saturated carbocycles. The molecular weight excluding hydrogens is 360 g/mol. The van der Waals surface area contributed by atoms with Gasteiger partial charge in [-0.3, -0.25) is 4.79 Å². The molecule has 2 aromatic heterocycles. The number of rotatable bonds is 4. The van der Waals surface area contributed by atoms with Gasteiger partial charge < -0.3 is 4.98 Å². The normalized spacial score (nSPS) is 11.2. The second-order valence-corrected chi connectivity index (χ2v) is 7.33. The van der Waals surface area contributed by atoms with Crippen molar-refractivity contribution in [2.45, 2.75) is 31.7 Å². The summed E-state index contributed by atoms with van der Waals surface area (Å²) in [4.78, 5) is 19.8. The maximum absolute atomic E-state index is 12.3. The Morgan fingerprint density at radius 1 is 1.04 bits per heavy atom. The average Bonchev–Trinajstić information content (AvgIpc) is 3.09. The Balaban J connectivity index is 1.66. The Bertz CT molecular complexity index is 1180. The van der Waals surface area contributed by atoms with E-state index < -0.39 is 0 Å². The molecule has 0 fully saturated rings. The molecule has 0 aliphatic rings. The third-order valence-corrected chi connectivity index (χ3v) is 5.35. The van der Waals surface area contributed by atoms with Gasteiger partial charge in [-0.1, -0.05) is 42.1 Å². The summed E-state index contributed by atoms with van der Waals surface area (Å²) in [5, 5.41) is 13.4. The molecule has 7 nitrogen and oxygen atoms in total. The third kappa shape index (κ3) is 3.23. The van der Waals surface area contributed by atoms with Crippen LogP contribution in [-0.4, -0.2) is 30.2 Å². The van der Waals surface area contributed by atoms with E-state index in [4.69, 9.17) is 0 Å². The van der Waals surface area contributed by atoms with Crippen LogP contribution in [0.5, 0.6) is 0 Å². The van der Waals surface area contributed by atoms with Crippen LogP contribution in [0.1, 0.15) is 22.5 Å². The van der Waals surface area contributed by atoms with Crippen molar-refractivity contribution in [2.24, 2.45) is 0 Å². The highest BCUT2D eigenvalue weighted by atomic mass is 32.2. The number of tetrazole rings is 1. The molecule has 0 aliphatic carbocycles. The van der Waals surface area contributed by atoms with Gasteiger partial charge in [0.2, 0.25) is 5.16 Å². The lowest BCUT2D eigenvalue weighted by Crippen LogP contribution is -2.12. The third-order valence-electron chi connectivity index (χ3n) is 4.42. The van der Waals surface area contributed by atoms with Crippen molar-refractivity contribution in [3.8, 4) is 5.69 Å². The number of thioether (sulfide) groups is 1. The number of aromatic nitrogens is 6. The van der Waals surface area contributed by atoms with E-state index in [1.165, 1.54) is 11.8 Å². The first-order chi connectivity index (χ1) is 13.0. The molecule has 0 spiro atoms. The molecule has 4 aromatic rings. The Hall–Kier alpha value is -3.00. The number of hydrogen-bond donors (Lipinski definition) is 1. The standard InChI is InChI=1S/C19H18N6OS/c1-11-6-5-9-14-16(11)20-15(21-18(14)26)10-27-19-22-23-24-25(19)17-12(2)7-4-8-13(17)3/h4-9H,10H2,1-3H3,(H,20,21,26). The van der Waals surface area contributed by atoms with E-state index in [1.807, 2.05) is 51.1 Å². The molecule has 4 rings (SSSR count). The zero-order valence-electron chi connectivity index (χ0n) is 15.2. The molecule has 0 bridgehead atoms. The van der Waals surface area contributed by atoms with Crippen LogP contribution in [0, 0.1) is 20.8 Å². The molecule has 0 aliphatic heterocycles. The van der Waals surface area contributed by atoms with Gasteiger partial charge in [-0.25, -0.2) is 4.98 Å². The lowest BCUT2D eigenvalue weighted by Gasteiger charge is -2.10. The SMILES string of the molecule is Cc1cccc(C)c1-n1nnnc1SCc1nc2c(C)cccc2c(=O)[nH]1. The maximum atomic E-state index is 12.3. The summed E-state index contributed by atoms with van der Waals surface area (Å²) in [5.74, 6) is 1.06. The number of hydrogen-bond acceptors (Lipinski definition) is 6. The number of H-pyrrole nitrogens is 1. The summed E-state index contributed by atoms with van der Waals surface area (Å²) >= 11 is 1.44. The van der Waals surface area contributed by atoms with Crippen molar-refractivity contribution in [2.75, 3.05) is 0 Å². The number of benzene rings is 2. The number of aromatic amines is 1. The van der Waals surface area contributed by atoms with Crippen molar-refractivity contribution in [3.63, 3.8) is 0 Å². The predicted molar refractivity (Wildman–Crippen MR) is 105 cm³/mol. The van der Waals surface area contributed by atoms with Gasteiger partial charge in [0, 0.05) is 0 Å². The second kappa shape index (κ2) is 6.96. The first-order valence-electron chi connectivity index (χ1n) is 8.51. The van der Waals surface area contributed by atoms with E-state index in [9.17, 15) is 4.79 Å². The minimum absolute atomic E-state index is 0.131. The molecular formula is C19H18N6OS. The van der Waals surface area contributed by atoms with Crippen LogP contribution in [0.4, 0.5) is 0 Å². The van der Waals surface area contributed by atoms with E-state index in [1.54, 1.807) is 10.7 Å². The maximum Gasteiger partial charge on any atom is 0.258 e. The fourth-order valence-corrected chi connectivity index (χ4v) is 3.85. The number of nitrogens with zero attached hydrogens (tertiary/aromatic N) is 5. The van der Waals surface area contributed by atoms with Gasteiger partial charge in [0.1, 0.15) is 5.82 Å². The molecule has 0 unspecified atom stereocenters. The largest absolute Gasteiger partial charge is 0.309 e. The Kier molecular flexibility index (Phi) is 4.49. The molecule has 8 heteroatoms. The lowest BCUT2D eigenvalue weighted by atomic mass is 10.1. The minimum atomic E-state index is -0.131. The number of aryl methyl sites for hydroxylation is 3. The zero-order valence-corrected chi connectivity index (χ0v) is 16.0. The van der Waals surface area contributed by atoms with Crippen LogP contribution in [0.3, 0.4) is 0 Å². The molecule has 27 heavy (non-hydrogen) atoms. The molecule has 0 saturated heterocycles. The zero-order chi connectivity index (χ0) is 19.0. The van der Waals surface area contributed by atoms with Crippen LogP contribution >= 0.6 is 11.8 Å². The summed E-state index contributed by atoms with van der Waals surface area (Å²) in [6.45, 7) is 6.01. The molecule has 0 atom stereocenters. The monoisotopic (exact) mass is 378 g/mol. The summed E-state index contributed by atoms with van der Waals surface area (Å²) < 4.78 is 1.74. The van der Waals surface area contributed by atoms with Crippen molar-refractivity contribution in [3.05, 3.63) is 69.3 Å². The Labute approximate surface area is 159 Å². The summed E-state index contributed by atoms with van der Waals surface area (Å²) in [6.07, 6.45) is 0. The highest BCUT2D eigenvalue weighted by Gasteiger charge is 2.14. The molecule has 1 N–H and O–H groups in total. The first kappa shape index (κ1) is 17.4. The fourth-order valence-electron chi connectivity index (χ4n) is 3.10. The second-order valence-electron chi connectivity index (χ2n) is 6.39. The van der Waals surface area contributed by atoms with E-state index >= 15 is 0 Å². The van der Waals surface area contributed by atoms with E-state index in [-0.39, 0.29) is 5.56 Å². The van der Waals surface area contributed by atoms with Gasteiger partial charge in [0.25, 0.3) is 5.56 Å². The lowest BCUT2D eigenvalue weighted by molar-refractivity contribution is 0.747. The van der Waals surface area contributed by atoms with Crippen LogP contribution < -0.4 is 5.56 Å². The smallest absolute Gasteiger partial charge is 0.258 e. The van der Waals surface area contributed by atoms with Crippen molar-refractivity contribution >= 4 is 22.7 Å². The van der Waals surface area contributed by atoms with Gasteiger partial charge >= 0.3 is 0 Å². The van der Waals surface area contributed by atoms with Gasteiger partial charge in [-0.15, -0.1) is 5.10 Å². The number of fused-ring (bicyclic) bond motifs is 1. The minimum Gasteiger partial charge on any atom is -0.309 e. The van der Waals surface area contributed by atoms with Crippen LogP contribution in [0.25, 0.3) is 16.6 Å². The number of nitrogens with one attached hydrogen (secondary N) is 1. The summed E-state index contributed by atoms with van der Waals surface area (Å²) in [5.41, 5.74) is 4.74.